The summed E-state index contributed by atoms with van der Waals surface area (Å²) in [5.74, 6) is 1.50. The Labute approximate surface area is 209 Å². The van der Waals surface area contributed by atoms with Crippen LogP contribution in [0.5, 0.6) is 0 Å². The molecule has 1 N–H and O–H groups in total. The van der Waals surface area contributed by atoms with E-state index in [0.717, 1.165) is 33.5 Å². The Bertz CT molecular complexity index is 1220. The molecule has 1 unspecified atom stereocenters. The summed E-state index contributed by atoms with van der Waals surface area (Å²) < 4.78 is 2.06. The maximum atomic E-state index is 13.1. The van der Waals surface area contributed by atoms with Gasteiger partial charge in [-0.05, 0) is 67.8 Å². The smallest absolute Gasteiger partial charge is 0.237 e. The normalized spacial score (nSPS) is 11.9. The molecule has 0 aliphatic heterocycles. The molecular formula is C27H28N4OS2. The van der Waals surface area contributed by atoms with Crippen molar-refractivity contribution >= 4 is 35.1 Å². The fourth-order valence-corrected chi connectivity index (χ4v) is 5.51. The summed E-state index contributed by atoms with van der Waals surface area (Å²) >= 11 is 3.18. The summed E-state index contributed by atoms with van der Waals surface area (Å²) in [6, 6.07) is 26.4. The molecule has 0 spiro atoms. The van der Waals surface area contributed by atoms with Crippen LogP contribution >= 0.6 is 23.5 Å². The van der Waals surface area contributed by atoms with Crippen molar-refractivity contribution in [2.75, 3.05) is 5.32 Å². The zero-order chi connectivity index (χ0) is 23.9. The van der Waals surface area contributed by atoms with E-state index in [2.05, 4.69) is 38.3 Å². The maximum absolute atomic E-state index is 13.1. The van der Waals surface area contributed by atoms with Crippen LogP contribution in [0.2, 0.25) is 0 Å². The third kappa shape index (κ3) is 6.10. The number of carbonyl (C=O) groups is 1. The van der Waals surface area contributed by atoms with Gasteiger partial charge in [0, 0.05) is 16.3 Å². The predicted molar refractivity (Wildman–Crippen MR) is 142 cm³/mol. The first-order valence-electron chi connectivity index (χ1n) is 11.3. The summed E-state index contributed by atoms with van der Waals surface area (Å²) in [6.07, 6.45) is 0.678. The van der Waals surface area contributed by atoms with Crippen molar-refractivity contribution in [3.63, 3.8) is 0 Å². The van der Waals surface area contributed by atoms with E-state index in [4.69, 9.17) is 0 Å². The molecule has 0 bridgehead atoms. The molecule has 7 heteroatoms. The lowest BCUT2D eigenvalue weighted by molar-refractivity contribution is -0.115. The molecule has 0 aliphatic carbocycles. The number of rotatable bonds is 9. The van der Waals surface area contributed by atoms with Gasteiger partial charge in [0.25, 0.3) is 0 Å². The van der Waals surface area contributed by atoms with Gasteiger partial charge in [0.2, 0.25) is 5.91 Å². The van der Waals surface area contributed by atoms with E-state index in [9.17, 15) is 4.79 Å². The van der Waals surface area contributed by atoms with Gasteiger partial charge in [0.1, 0.15) is 5.82 Å². The van der Waals surface area contributed by atoms with Crippen molar-refractivity contribution in [2.45, 2.75) is 48.2 Å². The summed E-state index contributed by atoms with van der Waals surface area (Å²) in [4.78, 5) is 14.3. The van der Waals surface area contributed by atoms with Gasteiger partial charge in [0.15, 0.2) is 5.16 Å². The van der Waals surface area contributed by atoms with Crippen LogP contribution in [0.1, 0.15) is 30.3 Å². The monoisotopic (exact) mass is 488 g/mol. The van der Waals surface area contributed by atoms with E-state index < -0.39 is 0 Å². The van der Waals surface area contributed by atoms with Crippen LogP contribution in [0.15, 0.2) is 88.9 Å². The van der Waals surface area contributed by atoms with Crippen LogP contribution in [0, 0.1) is 13.8 Å². The highest BCUT2D eigenvalue weighted by atomic mass is 32.2. The van der Waals surface area contributed by atoms with Crippen LogP contribution in [0.4, 0.5) is 5.69 Å². The van der Waals surface area contributed by atoms with E-state index in [0.29, 0.717) is 12.2 Å². The van der Waals surface area contributed by atoms with Gasteiger partial charge in [-0.1, -0.05) is 61.2 Å². The fourth-order valence-electron chi connectivity index (χ4n) is 3.69. The Balaban J connectivity index is 1.57. The van der Waals surface area contributed by atoms with E-state index >= 15 is 0 Å². The summed E-state index contributed by atoms with van der Waals surface area (Å²) in [6.45, 7) is 6.09. The van der Waals surface area contributed by atoms with Crippen LogP contribution in [0.25, 0.3) is 5.69 Å². The van der Waals surface area contributed by atoms with Crippen molar-refractivity contribution in [2.24, 2.45) is 0 Å². The van der Waals surface area contributed by atoms with E-state index in [1.807, 2.05) is 81.4 Å². The van der Waals surface area contributed by atoms with Crippen molar-refractivity contribution in [1.82, 2.24) is 14.8 Å². The van der Waals surface area contributed by atoms with Crippen LogP contribution in [0.3, 0.4) is 0 Å². The molecule has 3 aromatic carbocycles. The van der Waals surface area contributed by atoms with Gasteiger partial charge in [-0.3, -0.25) is 9.36 Å². The molecular weight excluding hydrogens is 460 g/mol. The zero-order valence-electron chi connectivity index (χ0n) is 19.6. The van der Waals surface area contributed by atoms with Crippen LogP contribution in [-0.2, 0) is 10.5 Å². The van der Waals surface area contributed by atoms with Crippen molar-refractivity contribution in [3.05, 3.63) is 95.8 Å². The van der Waals surface area contributed by atoms with E-state index in [1.54, 1.807) is 11.8 Å². The first-order valence-corrected chi connectivity index (χ1v) is 13.1. The second-order valence-corrected chi connectivity index (χ2v) is 10.3. The molecule has 1 heterocycles. The third-order valence-electron chi connectivity index (χ3n) is 5.23. The number of benzene rings is 3. The number of thioether (sulfide) groups is 2. The Morgan fingerprint density at radius 1 is 0.941 bits per heavy atom. The lowest BCUT2D eigenvalue weighted by Crippen LogP contribution is -2.25. The zero-order valence-corrected chi connectivity index (χ0v) is 21.2. The van der Waals surface area contributed by atoms with E-state index in [-0.39, 0.29) is 11.2 Å². The van der Waals surface area contributed by atoms with Gasteiger partial charge in [-0.25, -0.2) is 0 Å². The molecule has 0 saturated heterocycles. The number of carbonyl (C=O) groups excluding carboxylic acids is 1. The lowest BCUT2D eigenvalue weighted by Gasteiger charge is -2.16. The molecule has 4 rings (SSSR count). The molecule has 1 atom stereocenters. The van der Waals surface area contributed by atoms with Crippen molar-refractivity contribution in [3.8, 4) is 5.69 Å². The minimum Gasteiger partial charge on any atom is -0.325 e. The largest absolute Gasteiger partial charge is 0.325 e. The minimum atomic E-state index is -0.290. The van der Waals surface area contributed by atoms with Gasteiger partial charge in [0.05, 0.1) is 11.0 Å². The Kier molecular flexibility index (Phi) is 8.08. The first kappa shape index (κ1) is 24.1. The molecule has 1 aromatic heterocycles. The SMILES string of the molecule is CCC(Sc1nnc(CSc2ccccc2)n1-c1ccccc1)C(=O)Nc1cc(C)cc(C)c1. The molecule has 4 aromatic rings. The minimum absolute atomic E-state index is 0.0275. The number of para-hydroxylation sites is 1. The van der Waals surface area contributed by atoms with Crippen molar-refractivity contribution in [1.29, 1.82) is 0 Å². The van der Waals surface area contributed by atoms with E-state index in [1.165, 1.54) is 16.7 Å². The average molecular weight is 489 g/mol. The predicted octanol–water partition coefficient (Wildman–Crippen LogP) is 6.69. The number of aryl methyl sites for hydroxylation is 2. The third-order valence-corrected chi connectivity index (χ3v) is 7.54. The van der Waals surface area contributed by atoms with Crippen LogP contribution in [-0.4, -0.2) is 25.9 Å². The number of amides is 1. The van der Waals surface area contributed by atoms with Gasteiger partial charge >= 0.3 is 0 Å². The highest BCUT2D eigenvalue weighted by Crippen LogP contribution is 2.31. The number of anilines is 1. The molecule has 1 amide bonds. The number of nitrogens with one attached hydrogen (secondary N) is 1. The Morgan fingerprint density at radius 2 is 1.59 bits per heavy atom. The second-order valence-electron chi connectivity index (χ2n) is 8.05. The fraction of sp³-hybridized carbons (Fsp3) is 0.222. The number of aromatic nitrogens is 3. The second kappa shape index (κ2) is 11.4. The van der Waals surface area contributed by atoms with Gasteiger partial charge < -0.3 is 5.32 Å². The Hall–Kier alpha value is -3.03. The summed E-state index contributed by atoms with van der Waals surface area (Å²) in [7, 11) is 0. The number of hydrogen-bond acceptors (Lipinski definition) is 5. The van der Waals surface area contributed by atoms with Crippen LogP contribution < -0.4 is 5.32 Å². The maximum Gasteiger partial charge on any atom is 0.237 e. The van der Waals surface area contributed by atoms with Gasteiger partial charge in [-0.2, -0.15) is 0 Å². The lowest BCUT2D eigenvalue weighted by atomic mass is 10.1. The summed E-state index contributed by atoms with van der Waals surface area (Å²) in [5.41, 5.74) is 4.06. The molecule has 0 fully saturated rings. The van der Waals surface area contributed by atoms with Crippen molar-refractivity contribution < 1.29 is 4.79 Å². The molecule has 34 heavy (non-hydrogen) atoms. The molecule has 5 nitrogen and oxygen atoms in total. The topological polar surface area (TPSA) is 59.8 Å². The quantitative estimate of drug-likeness (QED) is 0.266. The first-order chi connectivity index (χ1) is 16.5. The Morgan fingerprint density at radius 3 is 2.24 bits per heavy atom. The molecule has 0 radical (unpaired) electrons. The molecule has 174 valence electrons. The molecule has 0 saturated carbocycles. The highest BCUT2D eigenvalue weighted by Gasteiger charge is 2.23. The average Bonchev–Trinajstić information content (AvgIpc) is 3.24. The summed E-state index contributed by atoms with van der Waals surface area (Å²) in [5, 5.41) is 12.5. The highest BCUT2D eigenvalue weighted by molar-refractivity contribution is 8.00. The number of nitrogens with zero attached hydrogens (tertiary/aromatic N) is 3. The standard InChI is InChI=1S/C27H28N4OS2/c1-4-24(26(32)28-21-16-19(2)15-20(3)17-21)34-27-30-29-25(18-33-23-13-9-6-10-14-23)31(27)22-11-7-5-8-12-22/h5-17,24H,4,18H2,1-3H3,(H,28,32). The number of hydrogen-bond donors (Lipinski definition) is 1. The molecule has 0 aliphatic rings. The van der Waals surface area contributed by atoms with Gasteiger partial charge in [-0.15, -0.1) is 22.0 Å².